The second kappa shape index (κ2) is 7.15. The van der Waals surface area contributed by atoms with E-state index >= 15 is 0 Å². The Balaban J connectivity index is 2.06. The molecule has 0 radical (unpaired) electrons. The van der Waals surface area contributed by atoms with Crippen LogP contribution in [0.15, 0.2) is 18.2 Å². The number of benzene rings is 1. The van der Waals surface area contributed by atoms with Gasteiger partial charge in [-0.15, -0.1) is 0 Å². The van der Waals surface area contributed by atoms with Crippen LogP contribution in [-0.2, 0) is 9.59 Å². The van der Waals surface area contributed by atoms with Crippen molar-refractivity contribution in [3.63, 3.8) is 0 Å². The topological polar surface area (TPSA) is 84.9 Å². The summed E-state index contributed by atoms with van der Waals surface area (Å²) in [6, 6.07) is 5.14. The van der Waals surface area contributed by atoms with Gasteiger partial charge in [0.1, 0.15) is 11.5 Å². The normalized spacial score (nSPS) is 21.0. The molecule has 1 aromatic carbocycles. The average molecular weight is 307 g/mol. The van der Waals surface area contributed by atoms with Crippen LogP contribution in [0.1, 0.15) is 25.7 Å². The molecule has 2 atom stereocenters. The fourth-order valence-corrected chi connectivity index (χ4v) is 2.79. The highest BCUT2D eigenvalue weighted by Gasteiger charge is 2.31. The van der Waals surface area contributed by atoms with Crippen LogP contribution in [0.2, 0.25) is 0 Å². The van der Waals surface area contributed by atoms with Gasteiger partial charge in [0.15, 0.2) is 0 Å². The molecule has 1 aliphatic rings. The first-order valence-electron chi connectivity index (χ1n) is 7.30. The third-order valence-corrected chi connectivity index (χ3v) is 4.06. The molecule has 2 unspecified atom stereocenters. The number of anilines is 1. The van der Waals surface area contributed by atoms with Crippen molar-refractivity contribution in [2.24, 2.45) is 11.8 Å². The molecular formula is C16H21NO5. The van der Waals surface area contributed by atoms with E-state index in [1.54, 1.807) is 25.3 Å². The molecule has 1 fully saturated rings. The minimum atomic E-state index is -0.820. The van der Waals surface area contributed by atoms with Gasteiger partial charge in [0, 0.05) is 12.0 Å². The lowest BCUT2D eigenvalue weighted by atomic mass is 9.81. The second-order valence-corrected chi connectivity index (χ2v) is 5.45. The molecule has 0 aromatic heterocycles. The zero-order chi connectivity index (χ0) is 16.1. The predicted molar refractivity (Wildman–Crippen MR) is 81.3 cm³/mol. The summed E-state index contributed by atoms with van der Waals surface area (Å²) in [5.41, 5.74) is 0.561. The maximum Gasteiger partial charge on any atom is 0.306 e. The molecular weight excluding hydrogens is 286 g/mol. The molecule has 1 saturated carbocycles. The Kier molecular flexibility index (Phi) is 5.25. The Hall–Kier alpha value is -2.24. The lowest BCUT2D eigenvalue weighted by Gasteiger charge is -2.26. The maximum atomic E-state index is 12.4. The van der Waals surface area contributed by atoms with Crippen LogP contribution in [0.5, 0.6) is 11.5 Å². The summed E-state index contributed by atoms with van der Waals surface area (Å²) in [7, 11) is 3.08. The number of carboxylic acid groups (broad SMARTS) is 1. The summed E-state index contributed by atoms with van der Waals surface area (Å²) in [6.45, 7) is 0. The van der Waals surface area contributed by atoms with Crippen molar-refractivity contribution in [1.82, 2.24) is 0 Å². The Labute approximate surface area is 129 Å². The number of ether oxygens (including phenoxy) is 2. The molecule has 0 heterocycles. The molecule has 0 spiro atoms. The van der Waals surface area contributed by atoms with Gasteiger partial charge in [0.05, 0.1) is 25.8 Å². The number of amides is 1. The number of nitrogens with one attached hydrogen (secondary N) is 1. The lowest BCUT2D eigenvalue weighted by molar-refractivity contribution is -0.143. The molecule has 120 valence electrons. The van der Waals surface area contributed by atoms with Crippen molar-refractivity contribution in [1.29, 1.82) is 0 Å². The number of carboxylic acids is 1. The summed E-state index contributed by atoms with van der Waals surface area (Å²) in [6.07, 6.45) is 2.51. The Morgan fingerprint density at radius 3 is 2.55 bits per heavy atom. The number of hydrogen-bond acceptors (Lipinski definition) is 4. The van der Waals surface area contributed by atoms with Gasteiger partial charge in [-0.2, -0.15) is 0 Å². The standard InChI is InChI=1S/C16H21NO5/c1-21-12-6-7-13(14(9-12)22-2)17-15(18)10-4-3-5-11(8-10)16(19)20/h6-7,9-11H,3-5,8H2,1-2H3,(H,17,18)(H,19,20). The molecule has 0 aliphatic heterocycles. The first kappa shape index (κ1) is 16.1. The average Bonchev–Trinajstić information content (AvgIpc) is 2.55. The number of methoxy groups -OCH3 is 2. The van der Waals surface area contributed by atoms with E-state index < -0.39 is 11.9 Å². The highest BCUT2D eigenvalue weighted by molar-refractivity contribution is 5.94. The third-order valence-electron chi connectivity index (χ3n) is 4.06. The summed E-state index contributed by atoms with van der Waals surface area (Å²) in [4.78, 5) is 23.5. The van der Waals surface area contributed by atoms with E-state index in [1.165, 1.54) is 7.11 Å². The van der Waals surface area contributed by atoms with Crippen LogP contribution in [0, 0.1) is 11.8 Å². The van der Waals surface area contributed by atoms with Gasteiger partial charge in [-0.1, -0.05) is 6.42 Å². The monoisotopic (exact) mass is 307 g/mol. The van der Waals surface area contributed by atoms with Crippen LogP contribution >= 0.6 is 0 Å². The highest BCUT2D eigenvalue weighted by Crippen LogP contribution is 2.33. The molecule has 1 aromatic rings. The minimum Gasteiger partial charge on any atom is -0.497 e. The molecule has 0 bridgehead atoms. The Morgan fingerprint density at radius 1 is 1.18 bits per heavy atom. The van der Waals surface area contributed by atoms with E-state index in [1.807, 2.05) is 0 Å². The van der Waals surface area contributed by atoms with Gasteiger partial charge in [-0.3, -0.25) is 9.59 Å². The Morgan fingerprint density at radius 2 is 1.91 bits per heavy atom. The van der Waals surface area contributed by atoms with Gasteiger partial charge in [0.25, 0.3) is 0 Å². The molecule has 0 saturated heterocycles. The van der Waals surface area contributed by atoms with Gasteiger partial charge >= 0.3 is 5.97 Å². The SMILES string of the molecule is COc1ccc(NC(=O)C2CCCC(C(=O)O)C2)c(OC)c1. The number of carbonyl (C=O) groups is 2. The van der Waals surface area contributed by atoms with Crippen LogP contribution in [-0.4, -0.2) is 31.2 Å². The molecule has 22 heavy (non-hydrogen) atoms. The zero-order valence-electron chi connectivity index (χ0n) is 12.8. The van der Waals surface area contributed by atoms with Gasteiger partial charge in [-0.25, -0.2) is 0 Å². The smallest absolute Gasteiger partial charge is 0.306 e. The number of carbonyl (C=O) groups excluding carboxylic acids is 1. The second-order valence-electron chi connectivity index (χ2n) is 5.45. The van der Waals surface area contributed by atoms with Crippen LogP contribution in [0.4, 0.5) is 5.69 Å². The first-order valence-corrected chi connectivity index (χ1v) is 7.30. The predicted octanol–water partition coefficient (Wildman–Crippen LogP) is 2.53. The first-order chi connectivity index (χ1) is 10.5. The molecule has 1 amide bonds. The van der Waals surface area contributed by atoms with Crippen molar-refractivity contribution in [2.75, 3.05) is 19.5 Å². The van der Waals surface area contributed by atoms with Gasteiger partial charge < -0.3 is 19.9 Å². The molecule has 6 heteroatoms. The van der Waals surface area contributed by atoms with E-state index in [-0.39, 0.29) is 11.8 Å². The summed E-state index contributed by atoms with van der Waals surface area (Å²) < 4.78 is 10.4. The van der Waals surface area contributed by atoms with Crippen molar-refractivity contribution in [2.45, 2.75) is 25.7 Å². The zero-order valence-corrected chi connectivity index (χ0v) is 12.8. The van der Waals surface area contributed by atoms with Crippen molar-refractivity contribution in [3.05, 3.63) is 18.2 Å². The number of hydrogen-bond donors (Lipinski definition) is 2. The van der Waals surface area contributed by atoms with E-state index in [2.05, 4.69) is 5.32 Å². The molecule has 2 N–H and O–H groups in total. The summed E-state index contributed by atoms with van der Waals surface area (Å²) in [5, 5.41) is 11.9. The summed E-state index contributed by atoms with van der Waals surface area (Å²) in [5.74, 6) is -0.533. The lowest BCUT2D eigenvalue weighted by Crippen LogP contribution is -2.31. The molecule has 1 aliphatic carbocycles. The van der Waals surface area contributed by atoms with Crippen LogP contribution in [0.3, 0.4) is 0 Å². The van der Waals surface area contributed by atoms with Crippen molar-refractivity contribution < 1.29 is 24.2 Å². The van der Waals surface area contributed by atoms with Crippen molar-refractivity contribution in [3.8, 4) is 11.5 Å². The number of rotatable bonds is 5. The minimum absolute atomic E-state index is 0.158. The molecule has 6 nitrogen and oxygen atoms in total. The summed E-state index contributed by atoms with van der Waals surface area (Å²) >= 11 is 0. The third kappa shape index (κ3) is 3.69. The van der Waals surface area contributed by atoms with E-state index in [0.717, 1.165) is 6.42 Å². The van der Waals surface area contributed by atoms with Crippen LogP contribution in [0.25, 0.3) is 0 Å². The van der Waals surface area contributed by atoms with Crippen LogP contribution < -0.4 is 14.8 Å². The van der Waals surface area contributed by atoms with Crippen molar-refractivity contribution >= 4 is 17.6 Å². The fourth-order valence-electron chi connectivity index (χ4n) is 2.79. The maximum absolute atomic E-state index is 12.4. The largest absolute Gasteiger partial charge is 0.497 e. The van der Waals surface area contributed by atoms with E-state index in [0.29, 0.717) is 36.4 Å². The molecule has 2 rings (SSSR count). The van der Waals surface area contributed by atoms with Gasteiger partial charge in [0.2, 0.25) is 5.91 Å². The van der Waals surface area contributed by atoms with E-state index in [9.17, 15) is 9.59 Å². The Bertz CT molecular complexity index is 557. The fraction of sp³-hybridized carbons (Fsp3) is 0.500. The van der Waals surface area contributed by atoms with E-state index in [4.69, 9.17) is 14.6 Å². The quantitative estimate of drug-likeness (QED) is 0.873. The van der Waals surface area contributed by atoms with Gasteiger partial charge in [-0.05, 0) is 31.4 Å². The highest BCUT2D eigenvalue weighted by atomic mass is 16.5. The number of aliphatic carboxylic acids is 1.